The number of halogens is 1. The number of rotatable bonds is 14. The van der Waals surface area contributed by atoms with Crippen LogP contribution in [0.2, 0.25) is 0 Å². The van der Waals surface area contributed by atoms with Crippen LogP contribution in [0.5, 0.6) is 0 Å². The second-order valence-corrected chi connectivity index (χ2v) is 8.61. The van der Waals surface area contributed by atoms with Gasteiger partial charge in [-0.3, -0.25) is 0 Å². The molecule has 1 heterocycles. The number of ether oxygens (including phenoxy) is 1. The van der Waals surface area contributed by atoms with Crippen molar-refractivity contribution in [1.82, 2.24) is 9.55 Å². The van der Waals surface area contributed by atoms with Crippen molar-refractivity contribution in [2.45, 2.75) is 63.9 Å². The summed E-state index contributed by atoms with van der Waals surface area (Å²) in [5.74, 6) is 2.03. The Hall–Kier alpha value is -0.780. The van der Waals surface area contributed by atoms with Gasteiger partial charge in [0.1, 0.15) is 0 Å². The maximum Gasteiger partial charge on any atom is 0.0946 e. The van der Waals surface area contributed by atoms with Gasteiger partial charge in [-0.05, 0) is 24.1 Å². The second kappa shape index (κ2) is 13.4. The minimum atomic E-state index is 0.236. The molecule has 144 valence electrons. The third-order valence-corrected chi connectivity index (χ3v) is 5.98. The smallest absolute Gasteiger partial charge is 0.0946 e. The summed E-state index contributed by atoms with van der Waals surface area (Å²) in [6.45, 7) is 4.00. The quantitative estimate of drug-likeness (QED) is 0.322. The van der Waals surface area contributed by atoms with Crippen molar-refractivity contribution >= 4 is 27.7 Å². The molecule has 1 aromatic heterocycles. The Kier molecular flexibility index (Phi) is 11.1. The molecule has 0 aliphatic carbocycles. The molecule has 1 atom stereocenters. The predicted molar refractivity (Wildman–Crippen MR) is 116 cm³/mol. The van der Waals surface area contributed by atoms with Gasteiger partial charge in [0.25, 0.3) is 0 Å². The molecule has 0 fully saturated rings. The molecule has 0 radical (unpaired) electrons. The summed E-state index contributed by atoms with van der Waals surface area (Å²) >= 11 is 5.43. The van der Waals surface area contributed by atoms with E-state index in [-0.39, 0.29) is 6.10 Å². The Balaban J connectivity index is 1.69. The number of unbranched alkanes of at least 4 members (excludes halogenated alkanes) is 5. The van der Waals surface area contributed by atoms with Crippen LogP contribution in [0.4, 0.5) is 0 Å². The first kappa shape index (κ1) is 21.5. The first-order valence-electron chi connectivity index (χ1n) is 9.67. The van der Waals surface area contributed by atoms with Crippen LogP contribution in [0.3, 0.4) is 0 Å². The van der Waals surface area contributed by atoms with E-state index in [9.17, 15) is 0 Å². The summed E-state index contributed by atoms with van der Waals surface area (Å²) < 4.78 is 9.45. The predicted octanol–water partition coefficient (Wildman–Crippen LogP) is 6.32. The molecule has 2 rings (SSSR count). The maximum atomic E-state index is 6.20. The van der Waals surface area contributed by atoms with Crippen molar-refractivity contribution < 1.29 is 4.74 Å². The number of imidazole rings is 1. The molecule has 0 bridgehead atoms. The Morgan fingerprint density at radius 1 is 1.12 bits per heavy atom. The first-order chi connectivity index (χ1) is 12.8. The lowest BCUT2D eigenvalue weighted by Crippen LogP contribution is -2.23. The lowest BCUT2D eigenvalue weighted by atomic mass is 10.1. The molecule has 3 nitrogen and oxygen atoms in total. The average molecular weight is 439 g/mol. The Bertz CT molecular complexity index is 574. The van der Waals surface area contributed by atoms with Crippen LogP contribution in [0.1, 0.15) is 51.0 Å². The van der Waals surface area contributed by atoms with Gasteiger partial charge in [-0.25, -0.2) is 4.98 Å². The van der Waals surface area contributed by atoms with Crippen LogP contribution < -0.4 is 0 Å². The van der Waals surface area contributed by atoms with E-state index < -0.39 is 0 Å². The summed E-state index contributed by atoms with van der Waals surface area (Å²) in [5.41, 5.74) is 1.36. The molecule has 5 heteroatoms. The molecule has 0 spiro atoms. The molecule has 26 heavy (non-hydrogen) atoms. The van der Waals surface area contributed by atoms with Crippen molar-refractivity contribution in [3.63, 3.8) is 0 Å². The standard InChI is InChI=1S/C21H31BrN2OS/c1-2-3-4-5-6-7-14-25-21(15-24-13-12-23-18-24)17-26-16-19-8-10-20(22)11-9-19/h8-13,18,21H,2-7,14-17H2,1H3. The number of nitrogens with zero attached hydrogens (tertiary/aromatic N) is 2. The normalized spacial score (nSPS) is 12.4. The van der Waals surface area contributed by atoms with E-state index in [1.807, 2.05) is 30.5 Å². The second-order valence-electron chi connectivity index (χ2n) is 6.66. The van der Waals surface area contributed by atoms with Crippen molar-refractivity contribution in [3.05, 3.63) is 53.0 Å². The van der Waals surface area contributed by atoms with E-state index in [1.54, 1.807) is 0 Å². The third-order valence-electron chi connectivity index (χ3n) is 4.31. The lowest BCUT2D eigenvalue weighted by molar-refractivity contribution is 0.0548. The van der Waals surface area contributed by atoms with E-state index in [0.717, 1.165) is 29.1 Å². The lowest BCUT2D eigenvalue weighted by Gasteiger charge is -2.18. The van der Waals surface area contributed by atoms with Crippen molar-refractivity contribution in [1.29, 1.82) is 0 Å². The van der Waals surface area contributed by atoms with E-state index in [2.05, 4.69) is 56.7 Å². The summed E-state index contributed by atoms with van der Waals surface area (Å²) in [6.07, 6.45) is 13.8. The largest absolute Gasteiger partial charge is 0.376 e. The zero-order valence-corrected chi connectivity index (χ0v) is 18.2. The highest BCUT2D eigenvalue weighted by Gasteiger charge is 2.10. The number of aromatic nitrogens is 2. The van der Waals surface area contributed by atoms with Crippen molar-refractivity contribution in [2.24, 2.45) is 0 Å². The fourth-order valence-electron chi connectivity index (χ4n) is 2.80. The minimum Gasteiger partial charge on any atom is -0.376 e. The van der Waals surface area contributed by atoms with Gasteiger partial charge in [-0.15, -0.1) is 0 Å². The van der Waals surface area contributed by atoms with E-state index in [4.69, 9.17) is 4.74 Å². The molecule has 1 aromatic carbocycles. The van der Waals surface area contributed by atoms with Crippen LogP contribution in [-0.2, 0) is 17.0 Å². The van der Waals surface area contributed by atoms with Crippen molar-refractivity contribution in [2.75, 3.05) is 12.4 Å². The zero-order valence-electron chi connectivity index (χ0n) is 15.8. The topological polar surface area (TPSA) is 27.1 Å². The molecule has 0 amide bonds. The van der Waals surface area contributed by atoms with Crippen LogP contribution in [0.25, 0.3) is 0 Å². The highest BCUT2D eigenvalue weighted by Crippen LogP contribution is 2.18. The molecular formula is C21H31BrN2OS. The zero-order chi connectivity index (χ0) is 18.5. The summed E-state index contributed by atoms with van der Waals surface area (Å²) in [4.78, 5) is 4.15. The van der Waals surface area contributed by atoms with Crippen molar-refractivity contribution in [3.8, 4) is 0 Å². The van der Waals surface area contributed by atoms with Gasteiger partial charge in [-0.2, -0.15) is 11.8 Å². The van der Waals surface area contributed by atoms with E-state index >= 15 is 0 Å². The Morgan fingerprint density at radius 2 is 1.88 bits per heavy atom. The highest BCUT2D eigenvalue weighted by atomic mass is 79.9. The summed E-state index contributed by atoms with van der Waals surface area (Å²) in [5, 5.41) is 0. The van der Waals surface area contributed by atoms with Crippen LogP contribution in [0.15, 0.2) is 47.5 Å². The molecule has 0 saturated heterocycles. The average Bonchev–Trinajstić information content (AvgIpc) is 3.15. The van der Waals surface area contributed by atoms with Gasteiger partial charge >= 0.3 is 0 Å². The summed E-state index contributed by atoms with van der Waals surface area (Å²) in [7, 11) is 0. The van der Waals surface area contributed by atoms with E-state index in [1.165, 1.54) is 44.1 Å². The molecule has 0 saturated carbocycles. The monoisotopic (exact) mass is 438 g/mol. The van der Waals surface area contributed by atoms with Gasteiger partial charge in [0.05, 0.1) is 19.0 Å². The highest BCUT2D eigenvalue weighted by molar-refractivity contribution is 9.10. The van der Waals surface area contributed by atoms with E-state index in [0.29, 0.717) is 0 Å². The van der Waals surface area contributed by atoms with Crippen LogP contribution >= 0.6 is 27.7 Å². The Morgan fingerprint density at radius 3 is 2.62 bits per heavy atom. The number of benzene rings is 1. The Labute approximate surface area is 171 Å². The van der Waals surface area contributed by atoms with Crippen LogP contribution in [-0.4, -0.2) is 28.0 Å². The molecule has 0 N–H and O–H groups in total. The SMILES string of the molecule is CCCCCCCCOC(CSCc1ccc(Br)cc1)Cn1ccnc1. The minimum absolute atomic E-state index is 0.236. The van der Waals surface area contributed by atoms with Gasteiger partial charge < -0.3 is 9.30 Å². The fraction of sp³-hybridized carbons (Fsp3) is 0.571. The molecule has 1 unspecified atom stereocenters. The van der Waals surface area contributed by atoms with Gasteiger partial charge in [0.2, 0.25) is 0 Å². The van der Waals surface area contributed by atoms with Gasteiger partial charge in [-0.1, -0.05) is 67.1 Å². The molecule has 0 aliphatic heterocycles. The van der Waals surface area contributed by atoms with Gasteiger partial charge in [0.15, 0.2) is 0 Å². The first-order valence-corrected chi connectivity index (χ1v) is 11.6. The fourth-order valence-corrected chi connectivity index (χ4v) is 4.08. The third kappa shape index (κ3) is 9.24. The molecule has 0 aliphatic rings. The molecule has 2 aromatic rings. The van der Waals surface area contributed by atoms with Gasteiger partial charge in [0, 0.05) is 35.0 Å². The summed E-state index contributed by atoms with van der Waals surface area (Å²) in [6, 6.07) is 8.57. The molecular weight excluding hydrogens is 408 g/mol. The number of hydrogen-bond acceptors (Lipinski definition) is 3. The number of hydrogen-bond donors (Lipinski definition) is 0. The number of thioether (sulfide) groups is 1. The van der Waals surface area contributed by atoms with Crippen LogP contribution in [0, 0.1) is 0 Å². The maximum absolute atomic E-state index is 6.20.